The normalized spacial score (nSPS) is 17.0. The lowest BCUT2D eigenvalue weighted by Crippen LogP contribution is -2.42. The molecule has 0 saturated carbocycles. The first kappa shape index (κ1) is 17.7. The van der Waals surface area contributed by atoms with E-state index in [9.17, 15) is 14.4 Å². The van der Waals surface area contributed by atoms with Gasteiger partial charge in [-0.05, 0) is 50.5 Å². The summed E-state index contributed by atoms with van der Waals surface area (Å²) in [6, 6.07) is 8.02. The fraction of sp³-hybridized carbons (Fsp3) is 0.316. The third-order valence-electron chi connectivity index (χ3n) is 4.52. The van der Waals surface area contributed by atoms with E-state index in [1.807, 2.05) is 4.90 Å². The highest BCUT2D eigenvalue weighted by molar-refractivity contribution is 6.04. The largest absolute Gasteiger partial charge is 0.478 e. The second-order valence-electron chi connectivity index (χ2n) is 6.38. The molecule has 7 heteroatoms. The first-order chi connectivity index (χ1) is 12.5. The van der Waals surface area contributed by atoms with Crippen LogP contribution in [0.4, 0.5) is 5.69 Å². The molecular weight excluding hydrogens is 336 g/mol. The zero-order chi connectivity index (χ0) is 18.7. The molecule has 0 bridgehead atoms. The van der Waals surface area contributed by atoms with Crippen molar-refractivity contribution in [2.45, 2.75) is 32.2 Å². The van der Waals surface area contributed by atoms with Gasteiger partial charge in [0.2, 0.25) is 0 Å². The van der Waals surface area contributed by atoms with Crippen LogP contribution in [0.5, 0.6) is 0 Å². The Morgan fingerprint density at radius 2 is 1.88 bits per heavy atom. The van der Waals surface area contributed by atoms with Gasteiger partial charge in [-0.1, -0.05) is 0 Å². The monoisotopic (exact) mass is 356 g/mol. The van der Waals surface area contributed by atoms with Gasteiger partial charge in [-0.25, -0.2) is 4.79 Å². The van der Waals surface area contributed by atoms with E-state index < -0.39 is 11.9 Å². The highest BCUT2D eigenvalue weighted by Crippen LogP contribution is 2.20. The van der Waals surface area contributed by atoms with Crippen LogP contribution in [-0.4, -0.2) is 40.4 Å². The number of hydrogen-bond acceptors (Lipinski definition) is 4. The highest BCUT2D eigenvalue weighted by atomic mass is 16.4. The van der Waals surface area contributed by atoms with Gasteiger partial charge in [0.1, 0.15) is 6.26 Å². The van der Waals surface area contributed by atoms with Gasteiger partial charge in [-0.2, -0.15) is 0 Å². The second-order valence-corrected chi connectivity index (χ2v) is 6.38. The van der Waals surface area contributed by atoms with Crippen molar-refractivity contribution in [1.82, 2.24) is 4.90 Å². The van der Waals surface area contributed by atoms with E-state index in [2.05, 4.69) is 12.2 Å². The van der Waals surface area contributed by atoms with E-state index in [-0.39, 0.29) is 23.3 Å². The molecule has 1 unspecified atom stereocenters. The van der Waals surface area contributed by atoms with Crippen LogP contribution in [0.1, 0.15) is 57.5 Å². The standard InChI is InChI=1S/C19H20N2O5/c1-12-4-2-3-9-21(12)18(23)13-5-7-15(8-6-13)20-17(22)16-10-14(11-26-16)19(24)25/h5-8,10-12H,2-4,9H2,1H3,(H,20,22)(H,24,25). The Hall–Kier alpha value is -3.09. The van der Waals surface area contributed by atoms with Gasteiger partial charge < -0.3 is 19.7 Å². The van der Waals surface area contributed by atoms with Gasteiger partial charge in [-0.15, -0.1) is 0 Å². The minimum atomic E-state index is -1.16. The molecule has 2 N–H and O–H groups in total. The summed E-state index contributed by atoms with van der Waals surface area (Å²) in [7, 11) is 0. The molecule has 1 saturated heterocycles. The van der Waals surface area contributed by atoms with Crippen molar-refractivity contribution >= 4 is 23.5 Å². The van der Waals surface area contributed by atoms with Crippen molar-refractivity contribution in [1.29, 1.82) is 0 Å². The van der Waals surface area contributed by atoms with E-state index in [1.54, 1.807) is 24.3 Å². The van der Waals surface area contributed by atoms with E-state index in [0.717, 1.165) is 38.1 Å². The number of anilines is 1. The number of likely N-dealkylation sites (tertiary alicyclic amines) is 1. The number of benzene rings is 1. The van der Waals surface area contributed by atoms with Gasteiger partial charge in [0.25, 0.3) is 11.8 Å². The van der Waals surface area contributed by atoms with Crippen LogP contribution in [0.2, 0.25) is 0 Å². The number of carboxylic acid groups (broad SMARTS) is 1. The van der Waals surface area contributed by atoms with E-state index in [4.69, 9.17) is 9.52 Å². The van der Waals surface area contributed by atoms with Crippen molar-refractivity contribution in [3.63, 3.8) is 0 Å². The molecular formula is C19H20N2O5. The molecule has 0 spiro atoms. The van der Waals surface area contributed by atoms with Gasteiger partial charge in [0.15, 0.2) is 5.76 Å². The summed E-state index contributed by atoms with van der Waals surface area (Å²) in [5.74, 6) is -1.82. The summed E-state index contributed by atoms with van der Waals surface area (Å²) < 4.78 is 4.96. The molecule has 2 amide bonds. The Labute approximate surface area is 150 Å². The van der Waals surface area contributed by atoms with E-state index in [1.165, 1.54) is 0 Å². The summed E-state index contributed by atoms with van der Waals surface area (Å²) in [4.78, 5) is 37.4. The van der Waals surface area contributed by atoms with Crippen LogP contribution < -0.4 is 5.32 Å². The van der Waals surface area contributed by atoms with Crippen molar-refractivity contribution in [3.8, 4) is 0 Å². The van der Waals surface area contributed by atoms with Crippen molar-refractivity contribution < 1.29 is 23.9 Å². The molecule has 1 atom stereocenters. The average Bonchev–Trinajstić information content (AvgIpc) is 3.13. The number of carbonyl (C=O) groups excluding carboxylic acids is 2. The van der Waals surface area contributed by atoms with Gasteiger partial charge in [0.05, 0.1) is 5.56 Å². The molecule has 1 aliphatic heterocycles. The number of nitrogens with one attached hydrogen (secondary N) is 1. The molecule has 7 nitrogen and oxygen atoms in total. The Morgan fingerprint density at radius 1 is 1.15 bits per heavy atom. The molecule has 1 aromatic carbocycles. The number of hydrogen-bond donors (Lipinski definition) is 2. The lowest BCUT2D eigenvalue weighted by molar-refractivity contribution is 0.0634. The van der Waals surface area contributed by atoms with Crippen molar-refractivity contribution in [2.24, 2.45) is 0 Å². The Morgan fingerprint density at radius 3 is 2.50 bits per heavy atom. The van der Waals surface area contributed by atoms with Crippen LogP contribution in [-0.2, 0) is 0 Å². The quantitative estimate of drug-likeness (QED) is 0.876. The number of rotatable bonds is 4. The number of carbonyl (C=O) groups is 3. The molecule has 26 heavy (non-hydrogen) atoms. The van der Waals surface area contributed by atoms with Crippen LogP contribution in [0.15, 0.2) is 41.0 Å². The maximum Gasteiger partial charge on any atom is 0.338 e. The fourth-order valence-electron chi connectivity index (χ4n) is 3.02. The predicted octanol–water partition coefficient (Wildman–Crippen LogP) is 3.24. The highest BCUT2D eigenvalue weighted by Gasteiger charge is 2.24. The summed E-state index contributed by atoms with van der Waals surface area (Å²) in [6.07, 6.45) is 4.19. The van der Waals surface area contributed by atoms with Gasteiger partial charge >= 0.3 is 5.97 Å². The maximum atomic E-state index is 12.6. The van der Waals surface area contributed by atoms with E-state index >= 15 is 0 Å². The number of furan rings is 1. The molecule has 2 aromatic rings. The third-order valence-corrected chi connectivity index (χ3v) is 4.52. The topological polar surface area (TPSA) is 99.9 Å². The molecule has 0 aliphatic carbocycles. The number of carboxylic acids is 1. The minimum absolute atomic E-state index is 0.00721. The summed E-state index contributed by atoms with van der Waals surface area (Å²) in [5.41, 5.74) is 0.973. The Bertz CT molecular complexity index is 825. The predicted molar refractivity (Wildman–Crippen MR) is 94.4 cm³/mol. The smallest absolute Gasteiger partial charge is 0.338 e. The number of piperidine rings is 1. The third kappa shape index (κ3) is 3.77. The van der Waals surface area contributed by atoms with E-state index in [0.29, 0.717) is 11.3 Å². The number of aromatic carboxylic acids is 1. The molecule has 136 valence electrons. The average molecular weight is 356 g/mol. The van der Waals surface area contributed by atoms with Gasteiger partial charge in [0, 0.05) is 29.9 Å². The molecule has 2 heterocycles. The summed E-state index contributed by atoms with van der Waals surface area (Å²) >= 11 is 0. The van der Waals surface area contributed by atoms with Crippen molar-refractivity contribution in [2.75, 3.05) is 11.9 Å². The number of nitrogens with zero attached hydrogens (tertiary/aromatic N) is 1. The second kappa shape index (κ2) is 7.43. The van der Waals surface area contributed by atoms with Crippen molar-refractivity contribution in [3.05, 3.63) is 53.5 Å². The SMILES string of the molecule is CC1CCCCN1C(=O)c1ccc(NC(=O)c2cc(C(=O)O)co2)cc1. The molecule has 1 fully saturated rings. The molecule has 3 rings (SSSR count). The lowest BCUT2D eigenvalue weighted by atomic mass is 10.0. The molecule has 1 aliphatic rings. The lowest BCUT2D eigenvalue weighted by Gasteiger charge is -2.33. The van der Waals surface area contributed by atoms with Crippen LogP contribution in [0, 0.1) is 0 Å². The first-order valence-electron chi connectivity index (χ1n) is 8.50. The Kier molecular flexibility index (Phi) is 5.06. The van der Waals surface area contributed by atoms with Gasteiger partial charge in [-0.3, -0.25) is 9.59 Å². The summed E-state index contributed by atoms with van der Waals surface area (Å²) in [5, 5.41) is 11.5. The summed E-state index contributed by atoms with van der Waals surface area (Å²) in [6.45, 7) is 2.82. The van der Waals surface area contributed by atoms with Crippen LogP contribution >= 0.6 is 0 Å². The zero-order valence-electron chi connectivity index (χ0n) is 14.4. The van der Waals surface area contributed by atoms with Crippen LogP contribution in [0.25, 0.3) is 0 Å². The fourth-order valence-corrected chi connectivity index (χ4v) is 3.02. The maximum absolute atomic E-state index is 12.6. The molecule has 0 radical (unpaired) electrons. The van der Waals surface area contributed by atoms with Crippen LogP contribution in [0.3, 0.4) is 0 Å². The Balaban J connectivity index is 1.66. The molecule has 1 aromatic heterocycles. The zero-order valence-corrected chi connectivity index (χ0v) is 14.4. The minimum Gasteiger partial charge on any atom is -0.478 e. The first-order valence-corrected chi connectivity index (χ1v) is 8.50. The number of amides is 2.